The molecule has 16 heavy (non-hydrogen) atoms. The van der Waals surface area contributed by atoms with E-state index in [0.717, 1.165) is 17.6 Å². The number of nitrogens with one attached hydrogen (secondary N) is 1. The van der Waals surface area contributed by atoms with E-state index in [4.69, 9.17) is 5.73 Å². The first kappa shape index (κ1) is 13.0. The first-order valence-corrected chi connectivity index (χ1v) is 7.98. The minimum absolute atomic E-state index is 0.615. The fraction of sp³-hybridized carbons (Fsp3) is 0.636. The lowest BCUT2D eigenvalue weighted by atomic mass is 10.0. The van der Waals surface area contributed by atoms with Gasteiger partial charge in [0.05, 0.1) is 3.79 Å². The second-order valence-corrected chi connectivity index (χ2v) is 7.56. The summed E-state index contributed by atoms with van der Waals surface area (Å²) in [6.45, 7) is 1.77. The Bertz CT molecular complexity index is 334. The summed E-state index contributed by atoms with van der Waals surface area (Å²) in [7, 11) is 0. The summed E-state index contributed by atoms with van der Waals surface area (Å²) in [5.74, 6) is 0.673. The fourth-order valence-electron chi connectivity index (χ4n) is 2.30. The monoisotopic (exact) mass is 366 g/mol. The highest BCUT2D eigenvalue weighted by Crippen LogP contribution is 2.33. The third kappa shape index (κ3) is 3.07. The van der Waals surface area contributed by atoms with Crippen LogP contribution in [-0.2, 0) is 6.54 Å². The third-order valence-electron chi connectivity index (χ3n) is 3.20. The Kier molecular flexibility index (Phi) is 4.85. The second-order valence-electron chi connectivity index (χ2n) is 4.25. The molecule has 1 heterocycles. The summed E-state index contributed by atoms with van der Waals surface area (Å²) in [4.78, 5) is 1.36. The van der Waals surface area contributed by atoms with Gasteiger partial charge in [0, 0.05) is 21.9 Å². The molecule has 0 aromatic carbocycles. The zero-order chi connectivity index (χ0) is 11.5. The van der Waals surface area contributed by atoms with Crippen molar-refractivity contribution in [1.82, 2.24) is 5.32 Å². The molecule has 0 aliphatic heterocycles. The number of thiophene rings is 1. The largest absolute Gasteiger partial charge is 0.330 e. The van der Waals surface area contributed by atoms with Gasteiger partial charge in [0.15, 0.2) is 0 Å². The summed E-state index contributed by atoms with van der Waals surface area (Å²) in [6, 6.07) is 2.79. The Morgan fingerprint density at radius 1 is 1.44 bits per heavy atom. The van der Waals surface area contributed by atoms with Crippen molar-refractivity contribution < 1.29 is 0 Å². The van der Waals surface area contributed by atoms with Crippen LogP contribution in [-0.4, -0.2) is 12.6 Å². The summed E-state index contributed by atoms with van der Waals surface area (Å²) in [5.41, 5.74) is 5.77. The Balaban J connectivity index is 1.87. The fourth-order valence-corrected chi connectivity index (χ4v) is 4.43. The van der Waals surface area contributed by atoms with Crippen LogP contribution in [0, 0.1) is 5.92 Å². The topological polar surface area (TPSA) is 38.0 Å². The van der Waals surface area contributed by atoms with E-state index in [-0.39, 0.29) is 0 Å². The molecule has 1 fully saturated rings. The molecule has 3 N–H and O–H groups in total. The van der Waals surface area contributed by atoms with Crippen molar-refractivity contribution in [3.8, 4) is 0 Å². The summed E-state index contributed by atoms with van der Waals surface area (Å²) >= 11 is 8.81. The molecule has 90 valence electrons. The molecular formula is C11H16Br2N2S. The molecule has 0 radical (unpaired) electrons. The second kappa shape index (κ2) is 5.96. The number of hydrogen-bond acceptors (Lipinski definition) is 3. The van der Waals surface area contributed by atoms with Crippen LogP contribution in [0.3, 0.4) is 0 Å². The van der Waals surface area contributed by atoms with Crippen molar-refractivity contribution in [1.29, 1.82) is 0 Å². The van der Waals surface area contributed by atoms with Gasteiger partial charge in [-0.15, -0.1) is 11.3 Å². The van der Waals surface area contributed by atoms with Crippen LogP contribution in [0.5, 0.6) is 0 Å². The number of hydrogen-bond donors (Lipinski definition) is 2. The van der Waals surface area contributed by atoms with Crippen molar-refractivity contribution in [3.05, 3.63) is 19.2 Å². The summed E-state index contributed by atoms with van der Waals surface area (Å²) in [5, 5.41) is 3.63. The molecule has 1 aromatic rings. The van der Waals surface area contributed by atoms with E-state index in [0.29, 0.717) is 12.0 Å². The standard InChI is InChI=1S/C11H16Br2N2S/c12-9-4-8(16-11(9)13)6-15-10-3-1-2-7(10)5-14/h4,7,10,15H,1-3,5-6,14H2/t7-,10+/m1/s1. The van der Waals surface area contributed by atoms with Crippen LogP contribution in [0.15, 0.2) is 14.3 Å². The normalized spacial score (nSPS) is 25.2. The van der Waals surface area contributed by atoms with Gasteiger partial charge < -0.3 is 11.1 Å². The van der Waals surface area contributed by atoms with Crippen molar-refractivity contribution in [2.75, 3.05) is 6.54 Å². The van der Waals surface area contributed by atoms with Gasteiger partial charge in [-0.25, -0.2) is 0 Å². The van der Waals surface area contributed by atoms with Gasteiger partial charge >= 0.3 is 0 Å². The molecule has 0 bridgehead atoms. The zero-order valence-corrected chi connectivity index (χ0v) is 13.0. The average molecular weight is 368 g/mol. The summed E-state index contributed by atoms with van der Waals surface area (Å²) < 4.78 is 2.32. The quantitative estimate of drug-likeness (QED) is 0.854. The van der Waals surface area contributed by atoms with Gasteiger partial charge in [-0.1, -0.05) is 6.42 Å². The first-order valence-electron chi connectivity index (χ1n) is 5.58. The lowest BCUT2D eigenvalue weighted by Gasteiger charge is -2.18. The first-order chi connectivity index (χ1) is 7.70. The van der Waals surface area contributed by atoms with Crippen molar-refractivity contribution in [3.63, 3.8) is 0 Å². The van der Waals surface area contributed by atoms with E-state index in [1.165, 1.54) is 27.9 Å². The molecule has 0 unspecified atom stereocenters. The number of rotatable bonds is 4. The average Bonchev–Trinajstić information content (AvgIpc) is 2.83. The molecule has 2 rings (SSSR count). The predicted octanol–water partition coefficient (Wildman–Crippen LogP) is 3.49. The molecule has 0 amide bonds. The van der Waals surface area contributed by atoms with Crippen LogP contribution < -0.4 is 11.1 Å². The summed E-state index contributed by atoms with van der Waals surface area (Å²) in [6.07, 6.45) is 3.87. The lowest BCUT2D eigenvalue weighted by molar-refractivity contribution is 0.407. The van der Waals surface area contributed by atoms with Gasteiger partial charge in [0.25, 0.3) is 0 Å². The van der Waals surface area contributed by atoms with Crippen molar-refractivity contribution in [2.45, 2.75) is 31.8 Å². The SMILES string of the molecule is NC[C@H]1CCC[C@@H]1NCc1cc(Br)c(Br)s1. The third-order valence-corrected chi connectivity index (χ3v) is 6.45. The highest BCUT2D eigenvalue weighted by atomic mass is 79.9. The Labute approximate surface area is 117 Å². The highest BCUT2D eigenvalue weighted by Gasteiger charge is 2.25. The highest BCUT2D eigenvalue weighted by molar-refractivity contribution is 9.13. The van der Waals surface area contributed by atoms with E-state index in [9.17, 15) is 0 Å². The molecule has 5 heteroatoms. The van der Waals surface area contributed by atoms with Gasteiger partial charge in [0.1, 0.15) is 0 Å². The minimum Gasteiger partial charge on any atom is -0.330 e. The number of nitrogens with two attached hydrogens (primary N) is 1. The number of halogens is 2. The Morgan fingerprint density at radius 2 is 2.25 bits per heavy atom. The Morgan fingerprint density at radius 3 is 2.88 bits per heavy atom. The van der Waals surface area contributed by atoms with E-state index < -0.39 is 0 Å². The van der Waals surface area contributed by atoms with Crippen LogP contribution >= 0.6 is 43.2 Å². The van der Waals surface area contributed by atoms with Crippen LogP contribution in [0.25, 0.3) is 0 Å². The van der Waals surface area contributed by atoms with Crippen LogP contribution in [0.1, 0.15) is 24.1 Å². The molecule has 1 saturated carbocycles. The van der Waals surface area contributed by atoms with Gasteiger partial charge in [-0.3, -0.25) is 0 Å². The van der Waals surface area contributed by atoms with Crippen molar-refractivity contribution in [2.24, 2.45) is 11.7 Å². The molecule has 2 atom stereocenters. The van der Waals surface area contributed by atoms with Crippen LogP contribution in [0.2, 0.25) is 0 Å². The molecule has 0 saturated heterocycles. The smallest absolute Gasteiger partial charge is 0.0843 e. The molecule has 0 spiro atoms. The maximum Gasteiger partial charge on any atom is 0.0843 e. The lowest BCUT2D eigenvalue weighted by Crippen LogP contribution is -2.35. The predicted molar refractivity (Wildman–Crippen MR) is 76.7 cm³/mol. The molecule has 1 aliphatic carbocycles. The van der Waals surface area contributed by atoms with Crippen LogP contribution in [0.4, 0.5) is 0 Å². The maximum absolute atomic E-state index is 5.77. The van der Waals surface area contributed by atoms with Gasteiger partial charge in [-0.2, -0.15) is 0 Å². The van der Waals surface area contributed by atoms with Gasteiger partial charge in [0.2, 0.25) is 0 Å². The van der Waals surface area contributed by atoms with E-state index >= 15 is 0 Å². The Hall–Kier alpha value is 0.580. The minimum atomic E-state index is 0.615. The molecule has 2 nitrogen and oxygen atoms in total. The van der Waals surface area contributed by atoms with Gasteiger partial charge in [-0.05, 0) is 63.2 Å². The maximum atomic E-state index is 5.77. The molecular weight excluding hydrogens is 352 g/mol. The molecule has 1 aliphatic rings. The zero-order valence-electron chi connectivity index (χ0n) is 9.01. The van der Waals surface area contributed by atoms with E-state index in [1.807, 2.05) is 0 Å². The van der Waals surface area contributed by atoms with Crippen molar-refractivity contribution >= 4 is 43.2 Å². The van der Waals surface area contributed by atoms with E-state index in [1.54, 1.807) is 11.3 Å². The van der Waals surface area contributed by atoms with E-state index in [2.05, 4.69) is 43.2 Å². The molecule has 1 aromatic heterocycles.